The molecule has 51 heavy (non-hydrogen) atoms. The Kier molecular flexibility index (Phi) is 9.71. The second kappa shape index (κ2) is 12.8. The van der Waals surface area contributed by atoms with Gasteiger partial charge in [0, 0.05) is 21.4 Å². The molecule has 0 nitrogen and oxygen atoms in total. The normalized spacial score (nSPS) is 13.4. The van der Waals surface area contributed by atoms with Crippen LogP contribution in [0, 0.1) is 93.1 Å². The average molecular weight is 781 g/mol. The smallest absolute Gasteiger partial charge is 0.198 e. The van der Waals surface area contributed by atoms with Gasteiger partial charge in [-0.15, -0.1) is 0 Å². The molecule has 1 unspecified atom stereocenters. The lowest BCUT2D eigenvalue weighted by Crippen LogP contribution is -2.49. The summed E-state index contributed by atoms with van der Waals surface area (Å²) in [6.45, 7) is 8.16. The van der Waals surface area contributed by atoms with Crippen LogP contribution in [0.4, 0.5) is 70.2 Å². The van der Waals surface area contributed by atoms with Crippen molar-refractivity contribution in [3.63, 3.8) is 0 Å². The van der Waals surface area contributed by atoms with Crippen LogP contribution in [0.5, 0.6) is 0 Å². The molecule has 0 aliphatic rings. The van der Waals surface area contributed by atoms with Crippen molar-refractivity contribution in [1.29, 1.82) is 0 Å². The van der Waals surface area contributed by atoms with E-state index in [0.717, 1.165) is 0 Å². The van der Waals surface area contributed by atoms with E-state index in [4.69, 9.17) is 0 Å². The highest BCUT2D eigenvalue weighted by Crippen LogP contribution is 2.64. The molecule has 5 rings (SSSR count). The molecule has 274 valence electrons. The molecule has 18 heteroatoms. The molecule has 0 amide bonds. The van der Waals surface area contributed by atoms with E-state index in [2.05, 4.69) is 0 Å². The molecule has 0 aliphatic heterocycles. The number of rotatable bonds is 6. The van der Waals surface area contributed by atoms with E-state index in [1.807, 2.05) is 0 Å². The Balaban J connectivity index is 2.29. The summed E-state index contributed by atoms with van der Waals surface area (Å²) >= 11 is 0. The second-order valence-corrected chi connectivity index (χ2v) is 23.1. The Morgan fingerprint density at radius 3 is 0.765 bits per heavy atom. The maximum absolute atomic E-state index is 16.7. The summed E-state index contributed by atoms with van der Waals surface area (Å²) in [5, 5.41) is -15.6. The fourth-order valence-electron chi connectivity index (χ4n) is 7.54. The van der Waals surface area contributed by atoms with Gasteiger partial charge >= 0.3 is 0 Å². The van der Waals surface area contributed by atoms with Crippen molar-refractivity contribution in [2.45, 2.75) is 58.2 Å². The highest BCUT2D eigenvalue weighted by molar-refractivity contribution is 8.06. The van der Waals surface area contributed by atoms with Gasteiger partial charge < -0.3 is 0 Å². The van der Waals surface area contributed by atoms with Crippen molar-refractivity contribution in [2.75, 3.05) is 0 Å². The van der Waals surface area contributed by atoms with Crippen LogP contribution >= 0.6 is 7.47 Å². The summed E-state index contributed by atoms with van der Waals surface area (Å²) < 4.78 is 247. The van der Waals surface area contributed by atoms with Crippen LogP contribution in [0.2, 0.25) is 16.6 Å². The first-order valence-electron chi connectivity index (χ1n) is 14.8. The van der Waals surface area contributed by atoms with Gasteiger partial charge in [-0.1, -0.05) is 41.5 Å². The molecular formula is C33H21F16PSi. The predicted molar refractivity (Wildman–Crippen MR) is 162 cm³/mol. The zero-order chi connectivity index (χ0) is 38.7. The highest BCUT2D eigenvalue weighted by atomic mass is 31.4. The topological polar surface area (TPSA) is 0 Å². The summed E-state index contributed by atoms with van der Waals surface area (Å²) in [6, 6.07) is 0. The van der Waals surface area contributed by atoms with Gasteiger partial charge in [0.2, 0.25) is 0 Å². The highest BCUT2D eigenvalue weighted by Gasteiger charge is 2.54. The summed E-state index contributed by atoms with van der Waals surface area (Å²) in [5.74, 6) is -42.2. The number of hydrogen-bond acceptors (Lipinski definition) is 0. The van der Waals surface area contributed by atoms with E-state index >= 15 is 48.3 Å². The molecule has 0 spiro atoms. The molecule has 0 bridgehead atoms. The van der Waals surface area contributed by atoms with Crippen molar-refractivity contribution >= 4 is 58.1 Å². The summed E-state index contributed by atoms with van der Waals surface area (Å²) in [6.07, 6.45) is 0. The van der Waals surface area contributed by atoms with Crippen LogP contribution in [0.25, 0.3) is 32.3 Å². The molecule has 0 N–H and O–H groups in total. The molecule has 5 aromatic carbocycles. The van der Waals surface area contributed by atoms with Gasteiger partial charge in [0.15, 0.2) is 81.4 Å². The van der Waals surface area contributed by atoms with Gasteiger partial charge in [-0.05, 0) is 24.1 Å². The molecule has 1 atom stereocenters. The van der Waals surface area contributed by atoms with Gasteiger partial charge in [-0.2, -0.15) is 0 Å². The van der Waals surface area contributed by atoms with Crippen LogP contribution in [0.15, 0.2) is 0 Å². The van der Waals surface area contributed by atoms with Crippen molar-refractivity contribution in [3.8, 4) is 0 Å². The van der Waals surface area contributed by atoms with Crippen LogP contribution in [-0.2, 0) is 0 Å². The van der Waals surface area contributed by atoms with Crippen molar-refractivity contribution < 1.29 is 70.2 Å². The first-order chi connectivity index (χ1) is 23.5. The molecule has 0 aromatic heterocycles. The van der Waals surface area contributed by atoms with Crippen LogP contribution < -0.4 is 10.6 Å². The number of benzene rings is 5. The fraction of sp³-hybridized carbons (Fsp3) is 0.273. The third-order valence-electron chi connectivity index (χ3n) is 9.37. The van der Waals surface area contributed by atoms with E-state index in [1.54, 1.807) is 0 Å². The summed E-state index contributed by atoms with van der Waals surface area (Å²) in [5.41, 5.74) is -2.96. The van der Waals surface area contributed by atoms with Gasteiger partial charge in [0.25, 0.3) is 0 Å². The van der Waals surface area contributed by atoms with Crippen LogP contribution in [0.3, 0.4) is 0 Å². The molecule has 0 saturated heterocycles. The summed E-state index contributed by atoms with van der Waals surface area (Å²) in [7, 11) is -8.12. The van der Waals surface area contributed by atoms with Gasteiger partial charge in [0.1, 0.15) is 11.6 Å². The first-order valence-corrected chi connectivity index (χ1v) is 19.2. The molecular weight excluding hydrogens is 759 g/mol. The maximum atomic E-state index is 16.7. The zero-order valence-electron chi connectivity index (χ0n) is 26.7. The number of hydrogen-bond donors (Lipinski definition) is 0. The Morgan fingerprint density at radius 2 is 0.471 bits per heavy atom. The zero-order valence-corrected chi connectivity index (χ0v) is 28.6. The lowest BCUT2D eigenvalue weighted by atomic mass is 9.99. The molecule has 0 radical (unpaired) electrons. The summed E-state index contributed by atoms with van der Waals surface area (Å²) in [4.78, 5) is 0. The first kappa shape index (κ1) is 38.6. The minimum Gasteiger partial charge on any atom is -0.205 e. The predicted octanol–water partition coefficient (Wildman–Crippen LogP) is 12.0. The Bertz CT molecular complexity index is 2310. The molecule has 0 fully saturated rings. The Labute approximate surface area is 279 Å². The van der Waals surface area contributed by atoms with E-state index in [0.29, 0.717) is 0 Å². The quantitative estimate of drug-likeness (QED) is 0.0402. The largest absolute Gasteiger partial charge is 0.205 e. The van der Waals surface area contributed by atoms with Crippen molar-refractivity contribution in [3.05, 3.63) is 93.1 Å². The Hall–Kier alpha value is -3.59. The van der Waals surface area contributed by atoms with Crippen molar-refractivity contribution in [2.24, 2.45) is 0 Å². The van der Waals surface area contributed by atoms with Gasteiger partial charge in [-0.3, -0.25) is 0 Å². The third-order valence-corrected chi connectivity index (χ3v) is 25.7. The number of halogens is 16. The lowest BCUT2D eigenvalue weighted by molar-refractivity contribution is 0.411. The van der Waals surface area contributed by atoms with Crippen LogP contribution in [0.1, 0.15) is 41.5 Å². The molecule has 0 heterocycles. The van der Waals surface area contributed by atoms with Gasteiger partial charge in [0.05, 0.1) is 29.3 Å². The van der Waals surface area contributed by atoms with E-state index in [1.165, 1.54) is 41.5 Å². The number of fused-ring (bicyclic) bond motifs is 3. The standard InChI is InChI=1S/C33H21F16PSi/c1-7(2)51(8(3)4,9(5)6)50(33-15-13(22(40)29(47)31(33)49)21(39)26(44)27(45)23(15)41)32-14-12(20(38)28(46)30(32)48)16(34)10-11(17(14)35)19(37)25(43)24(42)18(10)36/h7-9H,1-6H3. The van der Waals surface area contributed by atoms with E-state index in [9.17, 15) is 22.0 Å². The van der Waals surface area contributed by atoms with Crippen molar-refractivity contribution in [1.82, 2.24) is 0 Å². The fourth-order valence-corrected chi connectivity index (χ4v) is 23.8. The Morgan fingerprint density at radius 1 is 0.275 bits per heavy atom. The lowest BCUT2D eigenvalue weighted by Gasteiger charge is -2.50. The van der Waals surface area contributed by atoms with E-state index < -0.39 is 168 Å². The second-order valence-electron chi connectivity index (χ2n) is 12.7. The maximum Gasteiger partial charge on any atom is 0.198 e. The van der Waals surface area contributed by atoms with Crippen LogP contribution in [-0.4, -0.2) is 7.74 Å². The molecule has 0 saturated carbocycles. The third kappa shape index (κ3) is 4.92. The molecule has 0 aliphatic carbocycles. The minimum absolute atomic E-state index is 0.985. The molecule has 5 aromatic rings. The SMILES string of the molecule is CC(C)[Si](C(C)C)(C(C)C)P(c1c(F)c(F)c(F)c2c(F)c(F)c(F)c(F)c12)c1c(F)c(F)c(F)c2c(F)c3c(F)c(F)c(F)c(F)c3c(F)c12. The average Bonchev–Trinajstić information content (AvgIpc) is 3.06. The minimum atomic E-state index is -4.33. The monoisotopic (exact) mass is 780 g/mol. The van der Waals surface area contributed by atoms with Gasteiger partial charge in [-0.25, -0.2) is 70.2 Å². The van der Waals surface area contributed by atoms with E-state index in [-0.39, 0.29) is 0 Å².